The Kier molecular flexibility index (Phi) is 6.66. The smallest absolute Gasteiger partial charge is 0.251 e. The average molecular weight is 413 g/mol. The number of carbonyl (C=O) groups is 3. The van der Waals surface area contributed by atoms with Crippen LogP contribution in [0.15, 0.2) is 42.5 Å². The molecule has 2 aromatic carbocycles. The molecule has 0 bridgehead atoms. The van der Waals surface area contributed by atoms with E-state index in [1.165, 1.54) is 12.1 Å². The molecule has 30 heavy (non-hydrogen) atoms. The van der Waals surface area contributed by atoms with Crippen LogP contribution in [-0.2, 0) is 9.59 Å². The summed E-state index contributed by atoms with van der Waals surface area (Å²) in [6, 6.07) is 11.4. The van der Waals surface area contributed by atoms with Gasteiger partial charge in [-0.1, -0.05) is 12.1 Å². The maximum Gasteiger partial charge on any atom is 0.251 e. The van der Waals surface area contributed by atoms with Crippen LogP contribution in [0.3, 0.4) is 0 Å². The molecule has 0 unspecified atom stereocenters. The van der Waals surface area contributed by atoms with Crippen LogP contribution in [0.5, 0.6) is 5.75 Å². The van der Waals surface area contributed by atoms with Crippen molar-refractivity contribution in [1.29, 1.82) is 0 Å². The first-order valence-corrected chi connectivity index (χ1v) is 9.65. The minimum atomic E-state index is -0.467. The third kappa shape index (κ3) is 4.94. The summed E-state index contributed by atoms with van der Waals surface area (Å²) in [4.78, 5) is 38.4. The standard InChI is InChI=1S/C22H24FN3O4/c1-14-6-7-15(10-19(14)23)21(28)24-8-9-25-22(29)16-11-20(27)26(13-16)17-4-3-5-18(12-17)30-2/h3-7,10,12,16H,8-9,11,13H2,1-2H3,(H,24,28)(H,25,29)/t16-/m0/s1. The molecule has 1 heterocycles. The molecular weight excluding hydrogens is 389 g/mol. The fourth-order valence-electron chi connectivity index (χ4n) is 3.25. The zero-order valence-corrected chi connectivity index (χ0v) is 16.9. The summed E-state index contributed by atoms with van der Waals surface area (Å²) in [6.07, 6.45) is 0.123. The molecule has 1 atom stereocenters. The lowest BCUT2D eigenvalue weighted by atomic mass is 10.1. The first-order chi connectivity index (χ1) is 14.4. The number of nitrogens with zero attached hydrogens (tertiary/aromatic N) is 1. The van der Waals surface area contributed by atoms with Crippen LogP contribution in [-0.4, -0.2) is 44.5 Å². The molecule has 0 spiro atoms. The second kappa shape index (κ2) is 9.39. The molecule has 0 saturated carbocycles. The summed E-state index contributed by atoms with van der Waals surface area (Å²) in [5, 5.41) is 5.37. The Morgan fingerprint density at radius 3 is 2.67 bits per heavy atom. The Balaban J connectivity index is 1.46. The van der Waals surface area contributed by atoms with Gasteiger partial charge in [0.25, 0.3) is 5.91 Å². The first-order valence-electron chi connectivity index (χ1n) is 9.65. The van der Waals surface area contributed by atoms with Gasteiger partial charge in [0.1, 0.15) is 11.6 Å². The molecule has 2 aromatic rings. The number of nitrogens with one attached hydrogen (secondary N) is 2. The van der Waals surface area contributed by atoms with Gasteiger partial charge < -0.3 is 20.3 Å². The van der Waals surface area contributed by atoms with Crippen molar-refractivity contribution in [2.75, 3.05) is 31.6 Å². The monoisotopic (exact) mass is 413 g/mol. The highest BCUT2D eigenvalue weighted by Gasteiger charge is 2.35. The van der Waals surface area contributed by atoms with Gasteiger partial charge in [-0.25, -0.2) is 4.39 Å². The Hall–Kier alpha value is -3.42. The van der Waals surface area contributed by atoms with Crippen LogP contribution in [0.1, 0.15) is 22.3 Å². The number of hydrogen-bond acceptors (Lipinski definition) is 4. The molecule has 158 valence electrons. The van der Waals surface area contributed by atoms with Gasteiger partial charge in [-0.15, -0.1) is 0 Å². The van der Waals surface area contributed by atoms with E-state index in [0.717, 1.165) is 0 Å². The number of hydrogen-bond donors (Lipinski definition) is 2. The third-order valence-corrected chi connectivity index (χ3v) is 5.00. The minimum Gasteiger partial charge on any atom is -0.497 e. The largest absolute Gasteiger partial charge is 0.497 e. The minimum absolute atomic E-state index is 0.123. The van der Waals surface area contributed by atoms with Crippen LogP contribution in [0, 0.1) is 18.7 Å². The van der Waals surface area contributed by atoms with Gasteiger partial charge in [0.15, 0.2) is 0 Å². The number of halogens is 1. The summed E-state index contributed by atoms with van der Waals surface area (Å²) in [5.41, 5.74) is 1.37. The molecule has 1 aliphatic rings. The number of amides is 3. The summed E-state index contributed by atoms with van der Waals surface area (Å²) < 4.78 is 18.7. The summed E-state index contributed by atoms with van der Waals surface area (Å²) >= 11 is 0. The van der Waals surface area contributed by atoms with Gasteiger partial charge in [-0.3, -0.25) is 14.4 Å². The van der Waals surface area contributed by atoms with Crippen molar-refractivity contribution in [2.45, 2.75) is 13.3 Å². The average Bonchev–Trinajstić information content (AvgIpc) is 3.14. The molecule has 1 saturated heterocycles. The summed E-state index contributed by atoms with van der Waals surface area (Å²) in [7, 11) is 1.55. The van der Waals surface area contributed by atoms with Crippen molar-refractivity contribution in [3.8, 4) is 5.75 Å². The molecular formula is C22H24FN3O4. The van der Waals surface area contributed by atoms with E-state index in [2.05, 4.69) is 10.6 Å². The number of ether oxygens (including phenoxy) is 1. The molecule has 2 N–H and O–H groups in total. The van der Waals surface area contributed by atoms with Gasteiger partial charge in [0.2, 0.25) is 11.8 Å². The molecule has 1 aliphatic heterocycles. The summed E-state index contributed by atoms with van der Waals surface area (Å²) in [5.74, 6) is -1.06. The van der Waals surface area contributed by atoms with E-state index in [0.29, 0.717) is 17.0 Å². The summed E-state index contributed by atoms with van der Waals surface area (Å²) in [6.45, 7) is 2.31. The number of aryl methyl sites for hydroxylation is 1. The van der Waals surface area contributed by atoms with Gasteiger partial charge >= 0.3 is 0 Å². The van der Waals surface area contributed by atoms with Gasteiger partial charge in [-0.05, 0) is 36.8 Å². The van der Waals surface area contributed by atoms with E-state index < -0.39 is 17.6 Å². The molecule has 1 fully saturated rings. The highest BCUT2D eigenvalue weighted by molar-refractivity contribution is 6.00. The normalized spacial score (nSPS) is 15.8. The second-order valence-corrected chi connectivity index (χ2v) is 7.12. The predicted octanol–water partition coefficient (Wildman–Crippen LogP) is 2.04. The number of benzene rings is 2. The lowest BCUT2D eigenvalue weighted by Crippen LogP contribution is -2.38. The SMILES string of the molecule is COc1cccc(N2C[C@@H](C(=O)NCCNC(=O)c3ccc(C)c(F)c3)CC2=O)c1. The van der Waals surface area contributed by atoms with Crippen LogP contribution in [0.2, 0.25) is 0 Å². The van der Waals surface area contributed by atoms with Crippen LogP contribution in [0.4, 0.5) is 10.1 Å². The van der Waals surface area contributed by atoms with Crippen molar-refractivity contribution in [3.63, 3.8) is 0 Å². The molecule has 3 rings (SSSR count). The number of anilines is 1. The van der Waals surface area contributed by atoms with Gasteiger partial charge in [0, 0.05) is 43.4 Å². The van der Waals surface area contributed by atoms with Gasteiger partial charge in [0.05, 0.1) is 13.0 Å². The van der Waals surface area contributed by atoms with E-state index in [1.807, 2.05) is 0 Å². The number of methoxy groups -OCH3 is 1. The molecule has 3 amide bonds. The van der Waals surface area contributed by atoms with Crippen molar-refractivity contribution in [2.24, 2.45) is 5.92 Å². The van der Waals surface area contributed by atoms with E-state index >= 15 is 0 Å². The van der Waals surface area contributed by atoms with E-state index in [9.17, 15) is 18.8 Å². The fraction of sp³-hybridized carbons (Fsp3) is 0.318. The third-order valence-electron chi connectivity index (χ3n) is 5.00. The van der Waals surface area contributed by atoms with Crippen molar-refractivity contribution in [3.05, 3.63) is 59.4 Å². The van der Waals surface area contributed by atoms with Gasteiger partial charge in [-0.2, -0.15) is 0 Å². The zero-order valence-electron chi connectivity index (χ0n) is 16.9. The Morgan fingerprint density at radius 1 is 1.17 bits per heavy atom. The molecule has 0 aromatic heterocycles. The Morgan fingerprint density at radius 2 is 1.93 bits per heavy atom. The molecule has 0 aliphatic carbocycles. The lowest BCUT2D eigenvalue weighted by Gasteiger charge is -2.17. The maximum absolute atomic E-state index is 13.6. The van der Waals surface area contributed by atoms with Crippen LogP contribution >= 0.6 is 0 Å². The quantitative estimate of drug-likeness (QED) is 0.680. The van der Waals surface area contributed by atoms with Crippen LogP contribution in [0.25, 0.3) is 0 Å². The van der Waals surface area contributed by atoms with Crippen molar-refractivity contribution < 1.29 is 23.5 Å². The zero-order chi connectivity index (χ0) is 21.7. The van der Waals surface area contributed by atoms with Crippen molar-refractivity contribution in [1.82, 2.24) is 10.6 Å². The first kappa shape index (κ1) is 21.3. The lowest BCUT2D eigenvalue weighted by molar-refractivity contribution is -0.126. The highest BCUT2D eigenvalue weighted by Crippen LogP contribution is 2.27. The van der Waals surface area contributed by atoms with Crippen LogP contribution < -0.4 is 20.3 Å². The van der Waals surface area contributed by atoms with E-state index in [4.69, 9.17) is 4.74 Å². The molecule has 7 nitrogen and oxygen atoms in total. The number of rotatable bonds is 7. The number of carbonyl (C=O) groups excluding carboxylic acids is 3. The van der Waals surface area contributed by atoms with E-state index in [-0.39, 0.29) is 43.4 Å². The Labute approximate surface area is 174 Å². The van der Waals surface area contributed by atoms with E-state index in [1.54, 1.807) is 49.3 Å². The second-order valence-electron chi connectivity index (χ2n) is 7.12. The topological polar surface area (TPSA) is 87.7 Å². The highest BCUT2D eigenvalue weighted by atomic mass is 19.1. The van der Waals surface area contributed by atoms with Crippen molar-refractivity contribution >= 4 is 23.4 Å². The Bertz CT molecular complexity index is 963. The maximum atomic E-state index is 13.6. The predicted molar refractivity (Wildman–Crippen MR) is 110 cm³/mol. The molecule has 0 radical (unpaired) electrons. The molecule has 8 heteroatoms. The fourth-order valence-corrected chi connectivity index (χ4v) is 3.25.